The van der Waals surface area contributed by atoms with Crippen molar-refractivity contribution < 1.29 is 9.59 Å². The van der Waals surface area contributed by atoms with Gasteiger partial charge in [0.05, 0.1) is 11.6 Å². The van der Waals surface area contributed by atoms with Crippen LogP contribution in [0.1, 0.15) is 20.3 Å². The second kappa shape index (κ2) is 6.87. The average molecular weight is 362 g/mol. The van der Waals surface area contributed by atoms with Crippen LogP contribution in [0.15, 0.2) is 54.9 Å². The van der Waals surface area contributed by atoms with Gasteiger partial charge in [0, 0.05) is 42.7 Å². The maximum absolute atomic E-state index is 12.5. The van der Waals surface area contributed by atoms with Gasteiger partial charge in [-0.15, -0.1) is 0 Å². The van der Waals surface area contributed by atoms with Gasteiger partial charge in [0.2, 0.25) is 11.8 Å². The first-order valence-corrected chi connectivity index (χ1v) is 9.16. The molecule has 3 heterocycles. The number of carbonyl (C=O) groups is 2. The van der Waals surface area contributed by atoms with E-state index in [1.165, 1.54) is 0 Å². The van der Waals surface area contributed by atoms with Gasteiger partial charge in [-0.1, -0.05) is 18.2 Å². The molecule has 0 spiro atoms. The normalized spacial score (nSPS) is 17.1. The Morgan fingerprint density at radius 1 is 1.19 bits per heavy atom. The van der Waals surface area contributed by atoms with Crippen molar-refractivity contribution in [2.45, 2.75) is 26.3 Å². The van der Waals surface area contributed by atoms with E-state index in [0.717, 1.165) is 22.6 Å². The van der Waals surface area contributed by atoms with Crippen molar-refractivity contribution in [2.75, 3.05) is 11.9 Å². The van der Waals surface area contributed by atoms with Crippen molar-refractivity contribution in [3.05, 3.63) is 54.9 Å². The Balaban J connectivity index is 1.45. The lowest BCUT2D eigenvalue weighted by molar-refractivity contribution is -0.129. The molecule has 0 bridgehead atoms. The van der Waals surface area contributed by atoms with Crippen LogP contribution in [-0.4, -0.2) is 38.7 Å². The highest BCUT2D eigenvalue weighted by atomic mass is 16.2. The second-order valence-electron chi connectivity index (χ2n) is 7.20. The largest absolute Gasteiger partial charge is 0.339 e. The first-order chi connectivity index (χ1) is 13.0. The summed E-state index contributed by atoms with van der Waals surface area (Å²) < 4.78 is 1.97. The molecule has 138 valence electrons. The van der Waals surface area contributed by atoms with E-state index < -0.39 is 0 Å². The van der Waals surface area contributed by atoms with Crippen LogP contribution in [-0.2, 0) is 9.59 Å². The van der Waals surface area contributed by atoms with E-state index in [-0.39, 0.29) is 30.2 Å². The molecule has 0 radical (unpaired) electrons. The fourth-order valence-electron chi connectivity index (χ4n) is 3.45. The molecule has 6 heteroatoms. The number of likely N-dealkylation sites (tertiary alicyclic amines) is 1. The number of benzene rings is 1. The molecule has 2 aromatic heterocycles. The van der Waals surface area contributed by atoms with Gasteiger partial charge in [0.1, 0.15) is 5.65 Å². The summed E-state index contributed by atoms with van der Waals surface area (Å²) in [6.45, 7) is 4.42. The number of rotatable bonds is 4. The third kappa shape index (κ3) is 3.43. The molecule has 0 aliphatic carbocycles. The van der Waals surface area contributed by atoms with Crippen molar-refractivity contribution in [2.24, 2.45) is 5.92 Å². The summed E-state index contributed by atoms with van der Waals surface area (Å²) in [5.74, 6) is -0.350. The number of amides is 2. The molecule has 1 unspecified atom stereocenters. The van der Waals surface area contributed by atoms with E-state index in [2.05, 4.69) is 10.3 Å². The molecule has 2 amide bonds. The smallest absolute Gasteiger partial charge is 0.229 e. The van der Waals surface area contributed by atoms with Crippen LogP contribution in [0.3, 0.4) is 0 Å². The predicted octanol–water partition coefficient (Wildman–Crippen LogP) is 3.20. The molecule has 1 N–H and O–H groups in total. The van der Waals surface area contributed by atoms with Crippen LogP contribution in [0, 0.1) is 5.92 Å². The molecule has 1 aromatic carbocycles. The predicted molar refractivity (Wildman–Crippen MR) is 104 cm³/mol. The number of nitrogens with one attached hydrogen (secondary N) is 1. The minimum Gasteiger partial charge on any atom is -0.339 e. The molecule has 1 atom stereocenters. The number of hydrogen-bond acceptors (Lipinski definition) is 3. The molecule has 1 aliphatic heterocycles. The van der Waals surface area contributed by atoms with E-state index in [4.69, 9.17) is 0 Å². The van der Waals surface area contributed by atoms with E-state index in [0.29, 0.717) is 6.54 Å². The Morgan fingerprint density at radius 3 is 2.63 bits per heavy atom. The summed E-state index contributed by atoms with van der Waals surface area (Å²) in [5.41, 5.74) is 3.49. The fourth-order valence-corrected chi connectivity index (χ4v) is 3.45. The van der Waals surface area contributed by atoms with Gasteiger partial charge >= 0.3 is 0 Å². The lowest BCUT2D eigenvalue weighted by Crippen LogP contribution is -2.33. The zero-order valence-electron chi connectivity index (χ0n) is 15.4. The van der Waals surface area contributed by atoms with Gasteiger partial charge in [-0.3, -0.25) is 9.59 Å². The molecule has 4 rings (SSSR count). The van der Waals surface area contributed by atoms with Crippen molar-refractivity contribution in [3.63, 3.8) is 0 Å². The lowest BCUT2D eigenvalue weighted by atomic mass is 10.1. The molecule has 1 saturated heterocycles. The quantitative estimate of drug-likeness (QED) is 0.775. The van der Waals surface area contributed by atoms with Crippen LogP contribution in [0.5, 0.6) is 0 Å². The fraction of sp³-hybridized carbons (Fsp3) is 0.286. The Labute approximate surface area is 157 Å². The van der Waals surface area contributed by atoms with Gasteiger partial charge in [-0.05, 0) is 38.1 Å². The lowest BCUT2D eigenvalue weighted by Gasteiger charge is -2.20. The third-order valence-electron chi connectivity index (χ3n) is 4.96. The van der Waals surface area contributed by atoms with Crippen molar-refractivity contribution >= 4 is 23.1 Å². The Morgan fingerprint density at radius 2 is 1.96 bits per heavy atom. The molecule has 1 aliphatic rings. The Kier molecular flexibility index (Phi) is 4.39. The van der Waals surface area contributed by atoms with Crippen LogP contribution in [0.2, 0.25) is 0 Å². The molecule has 1 fully saturated rings. The van der Waals surface area contributed by atoms with Gasteiger partial charge in [-0.25, -0.2) is 4.98 Å². The highest BCUT2D eigenvalue weighted by Crippen LogP contribution is 2.24. The van der Waals surface area contributed by atoms with Gasteiger partial charge in [0.25, 0.3) is 0 Å². The maximum atomic E-state index is 12.5. The molecule has 0 saturated carbocycles. The topological polar surface area (TPSA) is 66.7 Å². The Hall–Kier alpha value is -3.15. The van der Waals surface area contributed by atoms with Gasteiger partial charge in [0.15, 0.2) is 0 Å². The van der Waals surface area contributed by atoms with E-state index in [1.54, 1.807) is 4.90 Å². The third-order valence-corrected chi connectivity index (χ3v) is 4.96. The summed E-state index contributed by atoms with van der Waals surface area (Å²) in [7, 11) is 0. The molecule has 6 nitrogen and oxygen atoms in total. The summed E-state index contributed by atoms with van der Waals surface area (Å²) in [6, 6.07) is 13.6. The van der Waals surface area contributed by atoms with Crippen LogP contribution >= 0.6 is 0 Å². The number of pyridine rings is 1. The SMILES string of the molecule is CC(C)N1CC(C(=O)Nc2ccc(-c3cn4ccccc4n3)cc2)CC1=O. The highest BCUT2D eigenvalue weighted by Gasteiger charge is 2.35. The molecular formula is C21H22N4O2. The molecule has 27 heavy (non-hydrogen) atoms. The number of imidazole rings is 1. The van der Waals surface area contributed by atoms with Crippen LogP contribution in [0.25, 0.3) is 16.9 Å². The minimum atomic E-state index is -0.294. The number of anilines is 1. The number of fused-ring (bicyclic) bond motifs is 1. The van der Waals surface area contributed by atoms with E-state index in [1.807, 2.05) is 73.1 Å². The number of nitrogens with zero attached hydrogens (tertiary/aromatic N) is 3. The van der Waals surface area contributed by atoms with Crippen molar-refractivity contribution in [1.82, 2.24) is 14.3 Å². The summed E-state index contributed by atoms with van der Waals surface area (Å²) in [4.78, 5) is 30.9. The minimum absolute atomic E-state index is 0.0485. The standard InChI is InChI=1S/C21H22N4O2/c1-14(2)25-12-16(11-20(25)26)21(27)22-17-8-6-15(7-9-17)18-13-24-10-4-3-5-19(24)23-18/h3-10,13-14,16H,11-12H2,1-2H3,(H,22,27). The van der Waals surface area contributed by atoms with Crippen LogP contribution < -0.4 is 5.32 Å². The van der Waals surface area contributed by atoms with Crippen molar-refractivity contribution in [1.29, 1.82) is 0 Å². The first-order valence-electron chi connectivity index (χ1n) is 9.16. The molecule has 3 aromatic rings. The zero-order valence-corrected chi connectivity index (χ0v) is 15.4. The van der Waals surface area contributed by atoms with E-state index >= 15 is 0 Å². The van der Waals surface area contributed by atoms with E-state index in [9.17, 15) is 9.59 Å². The summed E-state index contributed by atoms with van der Waals surface area (Å²) in [6.07, 6.45) is 4.22. The number of carbonyl (C=O) groups excluding carboxylic acids is 2. The highest BCUT2D eigenvalue weighted by molar-refractivity contribution is 5.97. The maximum Gasteiger partial charge on any atom is 0.229 e. The van der Waals surface area contributed by atoms with Crippen molar-refractivity contribution in [3.8, 4) is 11.3 Å². The van der Waals surface area contributed by atoms with Crippen LogP contribution in [0.4, 0.5) is 5.69 Å². The summed E-state index contributed by atoms with van der Waals surface area (Å²) >= 11 is 0. The Bertz CT molecular complexity index is 958. The average Bonchev–Trinajstić information content (AvgIpc) is 3.26. The second-order valence-corrected chi connectivity index (χ2v) is 7.20. The number of aromatic nitrogens is 2. The van der Waals surface area contributed by atoms with Gasteiger partial charge in [-0.2, -0.15) is 0 Å². The first kappa shape index (κ1) is 17.3. The molecular weight excluding hydrogens is 340 g/mol. The monoisotopic (exact) mass is 362 g/mol. The zero-order chi connectivity index (χ0) is 19.0. The van der Waals surface area contributed by atoms with Gasteiger partial charge < -0.3 is 14.6 Å². The number of hydrogen-bond donors (Lipinski definition) is 1. The summed E-state index contributed by atoms with van der Waals surface area (Å²) in [5, 5.41) is 2.93.